The molecule has 0 radical (unpaired) electrons. The van der Waals surface area contributed by atoms with Crippen molar-refractivity contribution in [3.05, 3.63) is 23.5 Å². The monoisotopic (exact) mass is 193 g/mol. The summed E-state index contributed by atoms with van der Waals surface area (Å²) in [5, 5.41) is 8.55. The van der Waals surface area contributed by atoms with Gasteiger partial charge in [-0.3, -0.25) is 0 Å². The second-order valence-electron chi connectivity index (χ2n) is 2.90. The zero-order chi connectivity index (χ0) is 9.97. The van der Waals surface area contributed by atoms with Crippen LogP contribution in [0.1, 0.15) is 5.56 Å². The molecule has 1 heterocycles. The molecule has 4 heteroatoms. The Bertz CT molecular complexity index is 398. The minimum absolute atomic E-state index is 0.129. The Morgan fingerprint density at radius 1 is 1.29 bits per heavy atom. The molecule has 0 N–H and O–H groups in total. The molecule has 1 aromatic carbocycles. The van der Waals surface area contributed by atoms with E-state index in [0.717, 1.165) is 0 Å². The molecule has 3 nitrogen and oxygen atoms in total. The fraction of sp³-hybridized carbons (Fsp3) is 0.300. The molecular formula is C10H8FNO2. The summed E-state index contributed by atoms with van der Waals surface area (Å²) in [5.74, 6) is 0.0585. The van der Waals surface area contributed by atoms with Crippen molar-refractivity contribution in [1.29, 1.82) is 5.26 Å². The second-order valence-corrected chi connectivity index (χ2v) is 2.90. The Hall–Kier alpha value is -1.76. The van der Waals surface area contributed by atoms with E-state index in [9.17, 15) is 4.39 Å². The fourth-order valence-corrected chi connectivity index (χ4v) is 1.38. The first-order chi connectivity index (χ1) is 6.83. The summed E-state index contributed by atoms with van der Waals surface area (Å²) >= 11 is 0. The largest absolute Gasteiger partial charge is 0.486 e. The maximum atomic E-state index is 13.2. The van der Waals surface area contributed by atoms with E-state index in [2.05, 4.69) is 0 Å². The number of ether oxygens (including phenoxy) is 2. The molecule has 0 bridgehead atoms. The van der Waals surface area contributed by atoms with E-state index in [1.165, 1.54) is 6.07 Å². The predicted molar refractivity (Wildman–Crippen MR) is 46.7 cm³/mol. The molecular weight excluding hydrogens is 185 g/mol. The molecule has 0 saturated carbocycles. The number of halogens is 1. The Kier molecular flexibility index (Phi) is 2.23. The average Bonchev–Trinajstić information content (AvgIpc) is 2.23. The van der Waals surface area contributed by atoms with Gasteiger partial charge >= 0.3 is 0 Å². The highest BCUT2D eigenvalue weighted by Crippen LogP contribution is 2.36. The molecule has 2 rings (SSSR count). The maximum Gasteiger partial charge on any atom is 0.197 e. The lowest BCUT2D eigenvalue weighted by molar-refractivity contribution is 0.163. The number of nitriles is 1. The number of rotatable bonds is 1. The molecule has 0 saturated heterocycles. The molecule has 1 aliphatic rings. The fourth-order valence-electron chi connectivity index (χ4n) is 1.38. The Morgan fingerprint density at radius 3 is 2.71 bits per heavy atom. The van der Waals surface area contributed by atoms with Crippen LogP contribution in [0.3, 0.4) is 0 Å². The molecule has 0 aromatic heterocycles. The van der Waals surface area contributed by atoms with Crippen LogP contribution in [0, 0.1) is 17.1 Å². The van der Waals surface area contributed by atoms with Gasteiger partial charge in [0.15, 0.2) is 17.3 Å². The first kappa shape index (κ1) is 8.82. The topological polar surface area (TPSA) is 42.2 Å². The smallest absolute Gasteiger partial charge is 0.197 e. The van der Waals surface area contributed by atoms with E-state index in [1.807, 2.05) is 6.07 Å². The van der Waals surface area contributed by atoms with E-state index >= 15 is 0 Å². The normalized spacial score (nSPS) is 13.4. The highest BCUT2D eigenvalue weighted by atomic mass is 19.1. The van der Waals surface area contributed by atoms with Crippen molar-refractivity contribution in [1.82, 2.24) is 0 Å². The molecule has 14 heavy (non-hydrogen) atoms. The van der Waals surface area contributed by atoms with Gasteiger partial charge in [-0.25, -0.2) is 4.39 Å². The minimum atomic E-state index is -0.443. The number of nitrogens with zero attached hydrogens (tertiary/aromatic N) is 1. The highest BCUT2D eigenvalue weighted by molar-refractivity contribution is 5.49. The summed E-state index contributed by atoms with van der Waals surface area (Å²) in [4.78, 5) is 0. The number of hydrogen-bond acceptors (Lipinski definition) is 3. The van der Waals surface area contributed by atoms with Crippen molar-refractivity contribution in [2.75, 3.05) is 13.2 Å². The number of benzene rings is 1. The standard InChI is InChI=1S/C10H8FNO2/c11-8-2-1-7(3-4-12)9-10(8)14-6-5-13-9/h1-2H,3,5-6H2. The van der Waals surface area contributed by atoms with Gasteiger partial charge in [0, 0.05) is 5.56 Å². The summed E-state index contributed by atoms with van der Waals surface area (Å²) in [7, 11) is 0. The van der Waals surface area contributed by atoms with Crippen LogP contribution < -0.4 is 9.47 Å². The van der Waals surface area contributed by atoms with Gasteiger partial charge in [-0.2, -0.15) is 5.26 Å². The first-order valence-corrected chi connectivity index (χ1v) is 4.27. The lowest BCUT2D eigenvalue weighted by Crippen LogP contribution is -2.17. The van der Waals surface area contributed by atoms with Crippen LogP contribution in [0.15, 0.2) is 12.1 Å². The molecule has 0 amide bonds. The van der Waals surface area contributed by atoms with Crippen LogP contribution >= 0.6 is 0 Å². The summed E-state index contributed by atoms with van der Waals surface area (Å²) in [6.07, 6.45) is 0.200. The molecule has 0 unspecified atom stereocenters. The van der Waals surface area contributed by atoms with Crippen molar-refractivity contribution in [2.24, 2.45) is 0 Å². The molecule has 1 aliphatic heterocycles. The van der Waals surface area contributed by atoms with Crippen molar-refractivity contribution in [3.63, 3.8) is 0 Å². The van der Waals surface area contributed by atoms with Crippen LogP contribution in [-0.2, 0) is 6.42 Å². The van der Waals surface area contributed by atoms with Gasteiger partial charge in [0.2, 0.25) is 0 Å². The van der Waals surface area contributed by atoms with E-state index in [0.29, 0.717) is 24.5 Å². The van der Waals surface area contributed by atoms with E-state index in [4.69, 9.17) is 14.7 Å². The number of hydrogen-bond donors (Lipinski definition) is 0. The van der Waals surface area contributed by atoms with Crippen molar-refractivity contribution < 1.29 is 13.9 Å². The summed E-state index contributed by atoms with van der Waals surface area (Å²) in [6, 6.07) is 4.84. The van der Waals surface area contributed by atoms with E-state index in [1.54, 1.807) is 6.07 Å². The van der Waals surface area contributed by atoms with Gasteiger partial charge in [0.1, 0.15) is 13.2 Å². The summed E-state index contributed by atoms with van der Waals surface area (Å²) < 4.78 is 23.6. The average molecular weight is 193 g/mol. The molecule has 72 valence electrons. The summed E-state index contributed by atoms with van der Waals surface area (Å²) in [5.41, 5.74) is 0.670. The van der Waals surface area contributed by atoms with Gasteiger partial charge in [0.25, 0.3) is 0 Å². The zero-order valence-electron chi connectivity index (χ0n) is 7.42. The lowest BCUT2D eigenvalue weighted by Gasteiger charge is -2.20. The maximum absolute atomic E-state index is 13.2. The minimum Gasteiger partial charge on any atom is -0.486 e. The lowest BCUT2D eigenvalue weighted by atomic mass is 10.1. The second kappa shape index (κ2) is 3.54. The van der Waals surface area contributed by atoms with E-state index < -0.39 is 5.82 Å². The van der Waals surface area contributed by atoms with Gasteiger partial charge in [0.05, 0.1) is 12.5 Å². The summed E-state index contributed by atoms with van der Waals surface area (Å²) in [6.45, 7) is 0.745. The molecule has 0 aliphatic carbocycles. The predicted octanol–water partition coefficient (Wildman–Crippen LogP) is 1.66. The van der Waals surface area contributed by atoms with Crippen LogP contribution in [0.25, 0.3) is 0 Å². The van der Waals surface area contributed by atoms with Crippen molar-refractivity contribution >= 4 is 0 Å². The van der Waals surface area contributed by atoms with Gasteiger partial charge < -0.3 is 9.47 Å². The van der Waals surface area contributed by atoms with Gasteiger partial charge in [-0.05, 0) is 6.07 Å². The zero-order valence-corrected chi connectivity index (χ0v) is 7.42. The Morgan fingerprint density at radius 2 is 2.00 bits per heavy atom. The number of fused-ring (bicyclic) bond motifs is 1. The van der Waals surface area contributed by atoms with Crippen LogP contribution in [-0.4, -0.2) is 13.2 Å². The molecule has 0 fully saturated rings. The van der Waals surface area contributed by atoms with Crippen molar-refractivity contribution in [3.8, 4) is 17.6 Å². The van der Waals surface area contributed by atoms with Gasteiger partial charge in [-0.15, -0.1) is 0 Å². The quantitative estimate of drug-likeness (QED) is 0.681. The van der Waals surface area contributed by atoms with Crippen LogP contribution in [0.5, 0.6) is 11.5 Å². The third-order valence-corrected chi connectivity index (χ3v) is 1.99. The molecule has 0 spiro atoms. The SMILES string of the molecule is N#CCc1ccc(F)c2c1OCCO2. The van der Waals surface area contributed by atoms with Gasteiger partial charge in [-0.1, -0.05) is 6.07 Å². The first-order valence-electron chi connectivity index (χ1n) is 4.27. The third kappa shape index (κ3) is 1.37. The van der Waals surface area contributed by atoms with Crippen LogP contribution in [0.2, 0.25) is 0 Å². The highest BCUT2D eigenvalue weighted by Gasteiger charge is 2.19. The Balaban J connectivity index is 2.49. The van der Waals surface area contributed by atoms with E-state index in [-0.39, 0.29) is 12.2 Å². The molecule has 0 atom stereocenters. The van der Waals surface area contributed by atoms with Crippen molar-refractivity contribution in [2.45, 2.75) is 6.42 Å². The van der Waals surface area contributed by atoms with Crippen LogP contribution in [0.4, 0.5) is 4.39 Å². The molecule has 1 aromatic rings. The Labute approximate surface area is 80.7 Å². The third-order valence-electron chi connectivity index (χ3n) is 1.99.